The van der Waals surface area contributed by atoms with Crippen molar-refractivity contribution in [3.05, 3.63) is 81.3 Å². The van der Waals surface area contributed by atoms with E-state index >= 15 is 0 Å². The highest BCUT2D eigenvalue weighted by molar-refractivity contribution is 7.92. The van der Waals surface area contributed by atoms with Crippen molar-refractivity contribution in [3.8, 4) is 11.5 Å². The third-order valence-corrected chi connectivity index (χ3v) is 9.84. The molecule has 0 saturated carbocycles. The number of sulfonamides is 1. The zero-order chi connectivity index (χ0) is 32.6. The number of hydrogen-bond acceptors (Lipinski definition) is 6. The third-order valence-electron chi connectivity index (χ3n) is 7.11. The summed E-state index contributed by atoms with van der Waals surface area (Å²) in [7, 11) is -1.54. The van der Waals surface area contributed by atoms with Crippen LogP contribution in [0.2, 0.25) is 15.1 Å². The minimum atomic E-state index is -4.36. The lowest BCUT2D eigenvalue weighted by molar-refractivity contribution is -0.140. The fraction of sp³-hybridized carbons (Fsp3) is 0.355. The molecule has 9 nitrogen and oxygen atoms in total. The van der Waals surface area contributed by atoms with Crippen LogP contribution in [0.3, 0.4) is 0 Å². The quantitative estimate of drug-likeness (QED) is 0.206. The molecule has 3 aromatic carbocycles. The lowest BCUT2D eigenvalue weighted by Crippen LogP contribution is -2.53. The van der Waals surface area contributed by atoms with E-state index in [1.165, 1.54) is 61.6 Å². The molecule has 0 radical (unpaired) electrons. The molecule has 0 fully saturated rings. The second-order valence-corrected chi connectivity index (χ2v) is 13.1. The molecule has 0 heterocycles. The Bertz CT molecular complexity index is 1550. The van der Waals surface area contributed by atoms with E-state index in [2.05, 4.69) is 5.32 Å². The molecule has 1 N–H and O–H groups in total. The van der Waals surface area contributed by atoms with E-state index in [-0.39, 0.29) is 41.2 Å². The molecule has 0 aliphatic rings. The molecular formula is C31H36Cl3N3O6S. The van der Waals surface area contributed by atoms with Gasteiger partial charge in [0, 0.05) is 39.3 Å². The van der Waals surface area contributed by atoms with E-state index in [0.717, 1.165) is 4.31 Å². The summed E-state index contributed by atoms with van der Waals surface area (Å²) in [6.07, 6.45) is 0.930. The first-order valence-corrected chi connectivity index (χ1v) is 16.5. The van der Waals surface area contributed by atoms with Crippen molar-refractivity contribution in [2.45, 2.75) is 57.1 Å². The molecule has 0 saturated heterocycles. The van der Waals surface area contributed by atoms with Crippen molar-refractivity contribution in [1.29, 1.82) is 0 Å². The maximum atomic E-state index is 14.3. The van der Waals surface area contributed by atoms with Crippen LogP contribution in [0.5, 0.6) is 11.5 Å². The Morgan fingerprint density at radius 1 is 0.886 bits per heavy atom. The lowest BCUT2D eigenvalue weighted by atomic mass is 10.1. The molecule has 0 bridgehead atoms. The van der Waals surface area contributed by atoms with Crippen molar-refractivity contribution in [1.82, 2.24) is 10.2 Å². The van der Waals surface area contributed by atoms with Crippen molar-refractivity contribution < 1.29 is 27.5 Å². The topological polar surface area (TPSA) is 105 Å². The number of ether oxygens (including phenoxy) is 2. The fourth-order valence-electron chi connectivity index (χ4n) is 4.45. The van der Waals surface area contributed by atoms with Crippen LogP contribution >= 0.6 is 34.8 Å². The Balaban J connectivity index is 2.13. The monoisotopic (exact) mass is 683 g/mol. The summed E-state index contributed by atoms with van der Waals surface area (Å²) in [5, 5.41) is 3.92. The maximum Gasteiger partial charge on any atom is 0.264 e. The number of amides is 2. The molecular weight excluding hydrogens is 649 g/mol. The van der Waals surface area contributed by atoms with Crippen molar-refractivity contribution in [2.75, 3.05) is 25.1 Å². The normalized spacial score (nSPS) is 12.6. The number of rotatable bonds is 14. The Hall–Kier alpha value is -3.18. The Kier molecular flexibility index (Phi) is 12.6. The molecule has 0 aromatic heterocycles. The van der Waals surface area contributed by atoms with Gasteiger partial charge >= 0.3 is 0 Å². The van der Waals surface area contributed by atoms with Gasteiger partial charge in [-0.2, -0.15) is 0 Å². The predicted molar refractivity (Wildman–Crippen MR) is 175 cm³/mol. The van der Waals surface area contributed by atoms with Crippen molar-refractivity contribution in [3.63, 3.8) is 0 Å². The zero-order valence-corrected chi connectivity index (χ0v) is 28.2. The van der Waals surface area contributed by atoms with E-state index in [9.17, 15) is 18.0 Å². The summed E-state index contributed by atoms with van der Waals surface area (Å²) in [5.41, 5.74) is 0.616. The van der Waals surface area contributed by atoms with Gasteiger partial charge in [-0.1, -0.05) is 54.7 Å². The van der Waals surface area contributed by atoms with Crippen LogP contribution in [0.15, 0.2) is 65.6 Å². The maximum absolute atomic E-state index is 14.3. The van der Waals surface area contributed by atoms with Gasteiger partial charge in [-0.25, -0.2) is 8.42 Å². The highest BCUT2D eigenvalue weighted by Gasteiger charge is 2.35. The van der Waals surface area contributed by atoms with Gasteiger partial charge in [0.25, 0.3) is 10.0 Å². The van der Waals surface area contributed by atoms with Gasteiger partial charge in [0.2, 0.25) is 11.8 Å². The first-order chi connectivity index (χ1) is 20.9. The third kappa shape index (κ3) is 8.29. The van der Waals surface area contributed by atoms with Gasteiger partial charge < -0.3 is 19.7 Å². The summed E-state index contributed by atoms with van der Waals surface area (Å²) < 4.78 is 39.9. The number of anilines is 1. The number of benzene rings is 3. The average Bonchev–Trinajstić information content (AvgIpc) is 3.00. The molecule has 13 heteroatoms. The van der Waals surface area contributed by atoms with E-state index in [1.54, 1.807) is 25.1 Å². The van der Waals surface area contributed by atoms with E-state index < -0.39 is 28.5 Å². The minimum Gasteiger partial charge on any atom is -0.493 e. The Morgan fingerprint density at radius 2 is 1.50 bits per heavy atom. The van der Waals surface area contributed by atoms with Crippen LogP contribution in [-0.2, 0) is 26.2 Å². The van der Waals surface area contributed by atoms with Crippen LogP contribution in [0, 0.1) is 0 Å². The van der Waals surface area contributed by atoms with Crippen LogP contribution < -0.4 is 19.1 Å². The Morgan fingerprint density at radius 3 is 2.05 bits per heavy atom. The molecule has 2 atom stereocenters. The first-order valence-electron chi connectivity index (χ1n) is 13.9. The molecule has 2 amide bonds. The van der Waals surface area contributed by atoms with Crippen LogP contribution in [-0.4, -0.2) is 58.0 Å². The molecule has 3 rings (SSSR count). The largest absolute Gasteiger partial charge is 0.493 e. The first kappa shape index (κ1) is 35.3. The van der Waals surface area contributed by atoms with Gasteiger partial charge in [-0.05, 0) is 68.3 Å². The summed E-state index contributed by atoms with van der Waals surface area (Å²) in [4.78, 5) is 28.9. The highest BCUT2D eigenvalue weighted by Crippen LogP contribution is 2.33. The lowest BCUT2D eigenvalue weighted by Gasteiger charge is -2.34. The standard InChI is InChI=1S/C31H36Cl3N3O6S/c1-6-20(3)35-31(39)27(7-2)36(18-24-25(33)9-8-10-26(24)34)30(38)19-37(22-13-11-21(32)12-14-22)44(40,41)23-15-16-28(42-4)29(17-23)43-5/h8-17,20,27H,6-7,18-19H2,1-5H3,(H,35,39)/t20-,27+/m1/s1. The average molecular weight is 685 g/mol. The number of carbonyl (C=O) groups excluding carboxylic acids is 2. The van der Waals surface area contributed by atoms with E-state index in [4.69, 9.17) is 44.3 Å². The van der Waals surface area contributed by atoms with Gasteiger partial charge in [0.05, 0.1) is 24.8 Å². The molecule has 0 aliphatic carbocycles. The summed E-state index contributed by atoms with van der Waals surface area (Å²) in [6, 6.07) is 14.0. The molecule has 0 aliphatic heterocycles. The number of carbonyl (C=O) groups is 2. The number of halogens is 3. The number of nitrogens with one attached hydrogen (secondary N) is 1. The van der Waals surface area contributed by atoms with E-state index in [0.29, 0.717) is 32.8 Å². The van der Waals surface area contributed by atoms with Crippen LogP contribution in [0.4, 0.5) is 5.69 Å². The number of nitrogens with zero attached hydrogens (tertiary/aromatic N) is 2. The van der Waals surface area contributed by atoms with Gasteiger partial charge in [-0.15, -0.1) is 0 Å². The number of methoxy groups -OCH3 is 2. The highest BCUT2D eigenvalue weighted by atomic mass is 35.5. The molecule has 0 spiro atoms. The summed E-state index contributed by atoms with van der Waals surface area (Å²) in [6.45, 7) is 4.79. The molecule has 238 valence electrons. The summed E-state index contributed by atoms with van der Waals surface area (Å²) >= 11 is 19.0. The zero-order valence-electron chi connectivity index (χ0n) is 25.1. The fourth-order valence-corrected chi connectivity index (χ4v) is 6.53. The molecule has 44 heavy (non-hydrogen) atoms. The molecule has 3 aromatic rings. The molecule has 0 unspecified atom stereocenters. The van der Waals surface area contributed by atoms with E-state index in [1.807, 2.05) is 13.8 Å². The SMILES string of the molecule is CC[C@@H](C)NC(=O)[C@H](CC)N(Cc1c(Cl)cccc1Cl)C(=O)CN(c1ccc(Cl)cc1)S(=O)(=O)c1ccc(OC)c(OC)c1. The minimum absolute atomic E-state index is 0.130. The second kappa shape index (κ2) is 15.7. The second-order valence-electron chi connectivity index (χ2n) is 9.97. The summed E-state index contributed by atoms with van der Waals surface area (Å²) in [5.74, 6) is -0.495. The number of hydrogen-bond donors (Lipinski definition) is 1. The van der Waals surface area contributed by atoms with Gasteiger partial charge in [-0.3, -0.25) is 13.9 Å². The van der Waals surface area contributed by atoms with Crippen molar-refractivity contribution >= 4 is 62.3 Å². The van der Waals surface area contributed by atoms with Crippen LogP contribution in [0.1, 0.15) is 39.2 Å². The van der Waals surface area contributed by atoms with Gasteiger partial charge in [0.1, 0.15) is 12.6 Å². The van der Waals surface area contributed by atoms with Gasteiger partial charge in [0.15, 0.2) is 11.5 Å². The van der Waals surface area contributed by atoms with Crippen LogP contribution in [0.25, 0.3) is 0 Å². The smallest absolute Gasteiger partial charge is 0.264 e. The Labute approximate surface area is 274 Å². The predicted octanol–water partition coefficient (Wildman–Crippen LogP) is 6.58. The van der Waals surface area contributed by atoms with Crippen molar-refractivity contribution in [2.24, 2.45) is 0 Å².